The Morgan fingerprint density at radius 2 is 1.03 bits per heavy atom. The van der Waals surface area contributed by atoms with E-state index in [1.54, 1.807) is 0 Å². The van der Waals surface area contributed by atoms with Crippen LogP contribution in [0.4, 0.5) is 34.1 Å². The highest BCUT2D eigenvalue weighted by molar-refractivity contribution is 7.33. The summed E-state index contributed by atoms with van der Waals surface area (Å²) >= 11 is 2.00. The van der Waals surface area contributed by atoms with Crippen molar-refractivity contribution in [3.05, 3.63) is 209 Å². The first-order valence-electron chi connectivity index (χ1n) is 22.9. The maximum Gasteiger partial charge on any atom is 0.264 e. The Morgan fingerprint density at radius 3 is 1.72 bits per heavy atom. The number of para-hydroxylation sites is 2. The van der Waals surface area contributed by atoms with Gasteiger partial charge in [-0.3, -0.25) is 0 Å². The quantitative estimate of drug-likeness (QED) is 0.160. The molecule has 2 nitrogen and oxygen atoms in total. The van der Waals surface area contributed by atoms with Gasteiger partial charge in [-0.15, -0.1) is 11.3 Å². The second-order valence-corrected chi connectivity index (χ2v) is 21.7. The molecule has 0 saturated heterocycles. The average Bonchev–Trinajstić information content (AvgIpc) is 3.91. The molecule has 2 aliphatic heterocycles. The molecular weight excluding hydrogens is 792 g/mol. The average molecular weight is 841 g/mol. The van der Waals surface area contributed by atoms with Crippen LogP contribution >= 0.6 is 11.3 Å². The molecule has 8 aromatic carbocycles. The number of aryl methyl sites for hydroxylation is 1. The molecule has 1 aromatic heterocycles. The van der Waals surface area contributed by atoms with E-state index in [4.69, 9.17) is 0 Å². The van der Waals surface area contributed by atoms with Crippen molar-refractivity contribution in [2.24, 2.45) is 0 Å². The van der Waals surface area contributed by atoms with Crippen molar-refractivity contribution < 1.29 is 0 Å². The molecule has 0 saturated carbocycles. The Hall–Kier alpha value is -6.62. The highest BCUT2D eigenvalue weighted by Crippen LogP contribution is 2.64. The molecule has 13 rings (SSSR count). The standard InChI is InChI=1S/C60H49BN2S/c1-36-31-52-55-53(32-36)63(40-28-25-37(26-29-40)58(2,3)4)56-45-34-49-44(35-54(45)64-57(56)61(55)50-23-15-16-24-51(50)62(52)39-17-9-8-10-18-39)43-30-27-38(59(5,6)7)33-48(43)60(49)46-21-13-11-19-41(46)42-20-12-14-22-47(42)60/h8-35H,1-7H3. The molecule has 2 aliphatic carbocycles. The molecule has 308 valence electrons. The van der Waals surface area contributed by atoms with Gasteiger partial charge >= 0.3 is 0 Å². The lowest BCUT2D eigenvalue weighted by Gasteiger charge is -2.43. The van der Waals surface area contributed by atoms with Crippen molar-refractivity contribution in [1.82, 2.24) is 0 Å². The van der Waals surface area contributed by atoms with Crippen molar-refractivity contribution in [1.29, 1.82) is 0 Å². The minimum atomic E-state index is -0.453. The van der Waals surface area contributed by atoms with Crippen molar-refractivity contribution in [2.45, 2.75) is 64.7 Å². The fourth-order valence-corrected chi connectivity index (χ4v) is 13.2. The lowest BCUT2D eigenvalue weighted by Crippen LogP contribution is -2.60. The predicted molar refractivity (Wildman–Crippen MR) is 274 cm³/mol. The van der Waals surface area contributed by atoms with Crippen molar-refractivity contribution >= 4 is 78.0 Å². The summed E-state index contributed by atoms with van der Waals surface area (Å²) in [6.45, 7) is 16.3. The number of fused-ring (bicyclic) bond motifs is 16. The van der Waals surface area contributed by atoms with E-state index in [2.05, 4.69) is 228 Å². The van der Waals surface area contributed by atoms with Crippen LogP contribution in [-0.4, -0.2) is 6.71 Å². The fourth-order valence-electron chi connectivity index (χ4n) is 11.9. The first kappa shape index (κ1) is 37.9. The molecule has 0 unspecified atom stereocenters. The zero-order valence-corrected chi connectivity index (χ0v) is 38.4. The molecule has 0 radical (unpaired) electrons. The van der Waals surface area contributed by atoms with Gasteiger partial charge in [0.25, 0.3) is 6.71 Å². The van der Waals surface area contributed by atoms with Crippen LogP contribution in [-0.2, 0) is 16.2 Å². The summed E-state index contributed by atoms with van der Waals surface area (Å²) in [5.74, 6) is 0. The molecule has 64 heavy (non-hydrogen) atoms. The van der Waals surface area contributed by atoms with Gasteiger partial charge in [0.15, 0.2) is 0 Å². The number of nitrogens with zero attached hydrogens (tertiary/aromatic N) is 2. The SMILES string of the molecule is Cc1cc2c3c(c1)N(c1ccc(C(C)(C)C)cc1)c1c(sc4cc5c(cc14)C1(c4ccccc4-c4ccccc41)c1cc(C(C)(C)C)ccc1-5)B3c1ccccc1N2c1ccccc1. The van der Waals surface area contributed by atoms with Crippen molar-refractivity contribution in [2.75, 3.05) is 9.80 Å². The fraction of sp³-hybridized carbons (Fsp3) is 0.167. The maximum atomic E-state index is 2.64. The zero-order valence-electron chi connectivity index (χ0n) is 37.5. The number of hydrogen-bond acceptors (Lipinski definition) is 3. The first-order valence-corrected chi connectivity index (χ1v) is 23.7. The van der Waals surface area contributed by atoms with E-state index < -0.39 is 5.41 Å². The van der Waals surface area contributed by atoms with Gasteiger partial charge in [0.2, 0.25) is 0 Å². The number of thiophene rings is 1. The summed E-state index contributed by atoms with van der Waals surface area (Å²) in [5.41, 5.74) is 24.6. The summed E-state index contributed by atoms with van der Waals surface area (Å²) in [5, 5.41) is 1.32. The highest BCUT2D eigenvalue weighted by atomic mass is 32.1. The van der Waals surface area contributed by atoms with E-state index in [1.807, 2.05) is 11.3 Å². The molecule has 4 aliphatic rings. The Labute approximate surface area is 381 Å². The van der Waals surface area contributed by atoms with Crippen LogP contribution < -0.4 is 25.5 Å². The van der Waals surface area contributed by atoms with Crippen LogP contribution in [0.2, 0.25) is 0 Å². The zero-order chi connectivity index (χ0) is 43.4. The lowest BCUT2D eigenvalue weighted by molar-refractivity contribution is 0.588. The van der Waals surface area contributed by atoms with Crippen molar-refractivity contribution in [3.8, 4) is 22.3 Å². The molecule has 0 fully saturated rings. The molecule has 0 amide bonds. The normalized spacial score (nSPS) is 14.8. The van der Waals surface area contributed by atoms with Crippen LogP contribution in [0, 0.1) is 6.92 Å². The van der Waals surface area contributed by atoms with Crippen LogP contribution in [0.15, 0.2) is 170 Å². The minimum absolute atomic E-state index is 0.00183. The van der Waals surface area contributed by atoms with E-state index in [0.29, 0.717) is 0 Å². The molecule has 0 N–H and O–H groups in total. The van der Waals surface area contributed by atoms with Gasteiger partial charge in [-0.1, -0.05) is 157 Å². The van der Waals surface area contributed by atoms with Crippen LogP contribution in [0.3, 0.4) is 0 Å². The summed E-state index contributed by atoms with van der Waals surface area (Å²) in [6.07, 6.45) is 0. The molecular formula is C60H49BN2S. The predicted octanol–water partition coefficient (Wildman–Crippen LogP) is 14.2. The molecule has 1 spiro atoms. The van der Waals surface area contributed by atoms with E-state index >= 15 is 0 Å². The van der Waals surface area contributed by atoms with E-state index in [1.165, 1.54) is 121 Å². The second kappa shape index (κ2) is 13.0. The number of anilines is 6. The highest BCUT2D eigenvalue weighted by Gasteiger charge is 2.53. The molecule has 9 aromatic rings. The van der Waals surface area contributed by atoms with Gasteiger partial charge in [-0.2, -0.15) is 0 Å². The third-order valence-electron chi connectivity index (χ3n) is 14.8. The van der Waals surface area contributed by atoms with Gasteiger partial charge in [0, 0.05) is 43.3 Å². The molecule has 3 heterocycles. The van der Waals surface area contributed by atoms with Gasteiger partial charge in [0.1, 0.15) is 0 Å². The molecule has 0 bridgehead atoms. The van der Waals surface area contributed by atoms with Crippen molar-refractivity contribution in [3.63, 3.8) is 0 Å². The minimum Gasteiger partial charge on any atom is -0.311 e. The third-order valence-corrected chi connectivity index (χ3v) is 16.0. The van der Waals surface area contributed by atoms with Gasteiger partial charge in [0.05, 0.1) is 11.1 Å². The van der Waals surface area contributed by atoms with E-state index in [0.717, 1.165) is 0 Å². The number of hydrogen-bond donors (Lipinski definition) is 0. The summed E-state index contributed by atoms with van der Waals surface area (Å²) in [6, 6.07) is 65.5. The first-order chi connectivity index (χ1) is 30.9. The Balaban J connectivity index is 1.15. The largest absolute Gasteiger partial charge is 0.311 e. The monoisotopic (exact) mass is 840 g/mol. The Bertz CT molecular complexity index is 3390. The number of benzene rings is 8. The van der Waals surface area contributed by atoms with Crippen LogP contribution in [0.1, 0.15) is 80.5 Å². The smallest absolute Gasteiger partial charge is 0.264 e. The summed E-state index contributed by atoms with van der Waals surface area (Å²) < 4.78 is 2.73. The number of rotatable bonds is 2. The third kappa shape index (κ3) is 4.98. The topological polar surface area (TPSA) is 6.48 Å². The van der Waals surface area contributed by atoms with Gasteiger partial charge < -0.3 is 9.80 Å². The van der Waals surface area contributed by atoms with E-state index in [-0.39, 0.29) is 17.5 Å². The summed E-state index contributed by atoms with van der Waals surface area (Å²) in [7, 11) is 0. The lowest BCUT2D eigenvalue weighted by atomic mass is 9.36. The Kier molecular flexibility index (Phi) is 7.69. The van der Waals surface area contributed by atoms with Crippen LogP contribution in [0.5, 0.6) is 0 Å². The van der Waals surface area contributed by atoms with E-state index in [9.17, 15) is 0 Å². The Morgan fingerprint density at radius 1 is 0.469 bits per heavy atom. The maximum absolute atomic E-state index is 2.64. The van der Waals surface area contributed by atoms with Gasteiger partial charge in [-0.25, -0.2) is 0 Å². The van der Waals surface area contributed by atoms with Crippen LogP contribution in [0.25, 0.3) is 32.3 Å². The molecule has 4 heteroatoms. The second-order valence-electron chi connectivity index (χ2n) is 20.6. The molecule has 0 atom stereocenters. The van der Waals surface area contributed by atoms with Gasteiger partial charge in [-0.05, 0) is 144 Å². The summed E-state index contributed by atoms with van der Waals surface area (Å²) in [4.78, 5) is 5.14.